The molecule has 0 N–H and O–H groups in total. The molecule has 0 aliphatic rings. The molecule has 110 valence electrons. The fourth-order valence-corrected chi connectivity index (χ4v) is 1.66. The van der Waals surface area contributed by atoms with Gasteiger partial charge in [0.1, 0.15) is 12.3 Å². The number of hydrogen-bond donors (Lipinski definition) is 0. The summed E-state index contributed by atoms with van der Waals surface area (Å²) in [5.74, 6) is 0.300. The van der Waals surface area contributed by atoms with Gasteiger partial charge in [0.15, 0.2) is 0 Å². The first-order chi connectivity index (χ1) is 9.47. The summed E-state index contributed by atoms with van der Waals surface area (Å²) in [6.07, 6.45) is 0.880. The van der Waals surface area contributed by atoms with Crippen molar-refractivity contribution in [3.63, 3.8) is 0 Å². The van der Waals surface area contributed by atoms with Crippen LogP contribution < -0.4 is 9.64 Å². The Morgan fingerprint density at radius 1 is 1.20 bits per heavy atom. The van der Waals surface area contributed by atoms with Crippen molar-refractivity contribution in [2.45, 2.75) is 20.3 Å². The number of anilines is 1. The zero-order valence-electron chi connectivity index (χ0n) is 12.5. The Balaban J connectivity index is 3.02. The van der Waals surface area contributed by atoms with E-state index in [9.17, 15) is 9.59 Å². The number of ether oxygens (including phenoxy) is 1. The summed E-state index contributed by atoms with van der Waals surface area (Å²) in [5.41, 5.74) is 0.628. The summed E-state index contributed by atoms with van der Waals surface area (Å²) in [7, 11) is 3.33. The Bertz CT molecular complexity index is 472. The number of para-hydroxylation sites is 2. The molecule has 1 rings (SSSR count). The molecule has 0 aliphatic heterocycles. The van der Waals surface area contributed by atoms with Gasteiger partial charge in [0.25, 0.3) is 0 Å². The number of likely N-dealkylation sites (N-methyl/N-ethyl adjacent to an activating group) is 1. The van der Waals surface area contributed by atoms with Gasteiger partial charge in [-0.3, -0.25) is 14.5 Å². The molecular weight excluding hydrogens is 256 g/mol. The third-order valence-electron chi connectivity index (χ3n) is 2.79. The second kappa shape index (κ2) is 7.53. The van der Waals surface area contributed by atoms with Gasteiger partial charge in [0.05, 0.1) is 12.3 Å². The van der Waals surface area contributed by atoms with E-state index in [1.54, 1.807) is 26.2 Å². The van der Waals surface area contributed by atoms with E-state index >= 15 is 0 Å². The van der Waals surface area contributed by atoms with Crippen LogP contribution in [0.25, 0.3) is 0 Å². The minimum atomic E-state index is -0.187. The molecule has 0 fully saturated rings. The van der Waals surface area contributed by atoms with Crippen LogP contribution in [0.4, 0.5) is 5.69 Å². The highest BCUT2D eigenvalue weighted by Gasteiger charge is 2.20. The fourth-order valence-electron chi connectivity index (χ4n) is 1.66. The highest BCUT2D eigenvalue weighted by molar-refractivity contribution is 5.98. The van der Waals surface area contributed by atoms with E-state index in [-0.39, 0.29) is 18.4 Å². The maximum absolute atomic E-state index is 11.8. The molecule has 0 heterocycles. The minimum absolute atomic E-state index is 0.00876. The van der Waals surface area contributed by atoms with Crippen molar-refractivity contribution >= 4 is 17.5 Å². The van der Waals surface area contributed by atoms with Crippen LogP contribution in [0.15, 0.2) is 24.3 Å². The van der Waals surface area contributed by atoms with Crippen LogP contribution in [-0.4, -0.2) is 44.0 Å². The number of nitrogens with zero attached hydrogens (tertiary/aromatic N) is 2. The summed E-state index contributed by atoms with van der Waals surface area (Å²) in [6, 6.07) is 7.27. The summed E-state index contributed by atoms with van der Waals surface area (Å²) in [5, 5.41) is 0. The molecule has 0 aliphatic carbocycles. The van der Waals surface area contributed by atoms with Crippen molar-refractivity contribution in [1.29, 1.82) is 0 Å². The molecule has 0 unspecified atom stereocenters. The lowest BCUT2D eigenvalue weighted by Crippen LogP contribution is -2.39. The maximum atomic E-state index is 11.8. The standard InChI is InChI=1S/C15H22N2O3/c1-5-10-20-14-9-7-6-8-13(14)17(12(2)18)11-15(19)16(3)4/h6-9H,5,10-11H2,1-4H3. The minimum Gasteiger partial charge on any atom is -0.491 e. The normalized spacial score (nSPS) is 10.0. The Morgan fingerprint density at radius 3 is 2.40 bits per heavy atom. The first-order valence-corrected chi connectivity index (χ1v) is 6.67. The van der Waals surface area contributed by atoms with Gasteiger partial charge in [-0.25, -0.2) is 0 Å². The third kappa shape index (κ3) is 4.26. The number of rotatable bonds is 6. The van der Waals surface area contributed by atoms with E-state index in [1.165, 1.54) is 16.7 Å². The van der Waals surface area contributed by atoms with Crippen LogP contribution in [-0.2, 0) is 9.59 Å². The zero-order chi connectivity index (χ0) is 15.1. The fraction of sp³-hybridized carbons (Fsp3) is 0.467. The number of carbonyl (C=O) groups is 2. The van der Waals surface area contributed by atoms with Crippen molar-refractivity contribution in [3.05, 3.63) is 24.3 Å². The van der Waals surface area contributed by atoms with Crippen LogP contribution >= 0.6 is 0 Å². The van der Waals surface area contributed by atoms with Crippen LogP contribution in [0.2, 0.25) is 0 Å². The molecule has 0 saturated carbocycles. The molecule has 5 heteroatoms. The molecule has 0 aromatic heterocycles. The Kier molecular flexibility index (Phi) is 6.03. The SMILES string of the molecule is CCCOc1ccccc1N(CC(=O)N(C)C)C(C)=O. The summed E-state index contributed by atoms with van der Waals surface area (Å²) < 4.78 is 5.64. The van der Waals surface area contributed by atoms with Crippen molar-refractivity contribution in [2.24, 2.45) is 0 Å². The molecule has 20 heavy (non-hydrogen) atoms. The Labute approximate surface area is 120 Å². The van der Waals surface area contributed by atoms with E-state index in [2.05, 4.69) is 0 Å². The average Bonchev–Trinajstić information content (AvgIpc) is 2.42. The van der Waals surface area contributed by atoms with Crippen LogP contribution in [0.1, 0.15) is 20.3 Å². The van der Waals surface area contributed by atoms with Gasteiger partial charge < -0.3 is 9.64 Å². The average molecular weight is 278 g/mol. The van der Waals surface area contributed by atoms with Gasteiger partial charge in [-0.05, 0) is 18.6 Å². The largest absolute Gasteiger partial charge is 0.491 e. The first-order valence-electron chi connectivity index (χ1n) is 6.67. The van der Waals surface area contributed by atoms with Gasteiger partial charge in [0.2, 0.25) is 11.8 Å². The molecule has 1 aromatic rings. The van der Waals surface area contributed by atoms with E-state index in [4.69, 9.17) is 4.74 Å². The third-order valence-corrected chi connectivity index (χ3v) is 2.79. The lowest BCUT2D eigenvalue weighted by molar-refractivity contribution is -0.129. The van der Waals surface area contributed by atoms with E-state index in [0.717, 1.165) is 6.42 Å². The number of hydrogen-bond acceptors (Lipinski definition) is 3. The molecule has 0 saturated heterocycles. The van der Waals surface area contributed by atoms with E-state index < -0.39 is 0 Å². The van der Waals surface area contributed by atoms with Crippen LogP contribution in [0.5, 0.6) is 5.75 Å². The first kappa shape index (κ1) is 16.0. The van der Waals surface area contributed by atoms with Crippen molar-refractivity contribution in [3.8, 4) is 5.75 Å². The smallest absolute Gasteiger partial charge is 0.242 e. The van der Waals surface area contributed by atoms with Gasteiger partial charge in [-0.1, -0.05) is 19.1 Å². The summed E-state index contributed by atoms with van der Waals surface area (Å²) in [6.45, 7) is 4.04. The monoisotopic (exact) mass is 278 g/mol. The van der Waals surface area contributed by atoms with Crippen molar-refractivity contribution in [1.82, 2.24) is 4.90 Å². The predicted octanol–water partition coefficient (Wildman–Crippen LogP) is 1.92. The van der Waals surface area contributed by atoms with Gasteiger partial charge in [-0.15, -0.1) is 0 Å². The van der Waals surface area contributed by atoms with E-state index in [0.29, 0.717) is 18.0 Å². The molecule has 0 bridgehead atoms. The van der Waals surface area contributed by atoms with E-state index in [1.807, 2.05) is 19.1 Å². The van der Waals surface area contributed by atoms with Crippen LogP contribution in [0.3, 0.4) is 0 Å². The van der Waals surface area contributed by atoms with Gasteiger partial charge in [0, 0.05) is 21.0 Å². The van der Waals surface area contributed by atoms with Crippen molar-refractivity contribution in [2.75, 3.05) is 32.1 Å². The molecule has 0 radical (unpaired) electrons. The van der Waals surface area contributed by atoms with Gasteiger partial charge >= 0.3 is 0 Å². The lowest BCUT2D eigenvalue weighted by atomic mass is 10.2. The second-order valence-corrected chi connectivity index (χ2v) is 4.71. The summed E-state index contributed by atoms with van der Waals surface area (Å²) >= 11 is 0. The van der Waals surface area contributed by atoms with Crippen LogP contribution in [0, 0.1) is 0 Å². The molecular formula is C15H22N2O3. The van der Waals surface area contributed by atoms with Gasteiger partial charge in [-0.2, -0.15) is 0 Å². The topological polar surface area (TPSA) is 49.9 Å². The molecule has 5 nitrogen and oxygen atoms in total. The van der Waals surface area contributed by atoms with Crippen molar-refractivity contribution < 1.29 is 14.3 Å². The number of amides is 2. The highest BCUT2D eigenvalue weighted by Crippen LogP contribution is 2.28. The zero-order valence-corrected chi connectivity index (χ0v) is 12.5. The molecule has 0 spiro atoms. The highest BCUT2D eigenvalue weighted by atomic mass is 16.5. The number of carbonyl (C=O) groups excluding carboxylic acids is 2. The molecule has 0 atom stereocenters. The summed E-state index contributed by atoms with van der Waals surface area (Å²) in [4.78, 5) is 26.6. The lowest BCUT2D eigenvalue weighted by Gasteiger charge is -2.24. The molecule has 2 amide bonds. The molecule has 1 aromatic carbocycles. The number of benzene rings is 1. The second-order valence-electron chi connectivity index (χ2n) is 4.71. The quantitative estimate of drug-likeness (QED) is 0.798. The predicted molar refractivity (Wildman–Crippen MR) is 78.9 cm³/mol. The maximum Gasteiger partial charge on any atom is 0.242 e. The Morgan fingerprint density at radius 2 is 1.85 bits per heavy atom. The Hall–Kier alpha value is -2.04.